The maximum absolute atomic E-state index is 11.5. The van der Waals surface area contributed by atoms with Crippen LogP contribution < -0.4 is 10.1 Å². The molecule has 2 rings (SSSR count). The maximum Gasteiger partial charge on any atom is 0.290 e. The molecule has 0 unspecified atom stereocenters. The van der Waals surface area contributed by atoms with Crippen molar-refractivity contribution < 1.29 is 14.3 Å². The third kappa shape index (κ3) is 3.87. The predicted octanol–water partition coefficient (Wildman–Crippen LogP) is 3.58. The molecule has 0 aromatic heterocycles. The number of benzene rings is 1. The Morgan fingerprint density at radius 1 is 1.25 bits per heavy atom. The van der Waals surface area contributed by atoms with Crippen molar-refractivity contribution in [2.75, 3.05) is 6.61 Å². The summed E-state index contributed by atoms with van der Waals surface area (Å²) >= 11 is 0.915. The van der Waals surface area contributed by atoms with E-state index in [-0.39, 0.29) is 11.1 Å². The number of amides is 2. The van der Waals surface area contributed by atoms with E-state index >= 15 is 0 Å². The molecule has 1 N–H and O–H groups in total. The van der Waals surface area contributed by atoms with Gasteiger partial charge in [0.15, 0.2) is 0 Å². The van der Waals surface area contributed by atoms with Crippen molar-refractivity contribution in [3.8, 4) is 5.75 Å². The summed E-state index contributed by atoms with van der Waals surface area (Å²) in [5, 5.41) is 1.91. The van der Waals surface area contributed by atoms with Crippen LogP contribution in [0.5, 0.6) is 5.75 Å². The first kappa shape index (κ1) is 14.7. The molecule has 0 spiro atoms. The Hall–Kier alpha value is -1.75. The molecule has 20 heavy (non-hydrogen) atoms. The van der Waals surface area contributed by atoms with Crippen molar-refractivity contribution >= 4 is 29.0 Å². The van der Waals surface area contributed by atoms with Gasteiger partial charge in [-0.3, -0.25) is 14.9 Å². The second-order valence-electron chi connectivity index (χ2n) is 4.45. The van der Waals surface area contributed by atoms with Gasteiger partial charge in [0, 0.05) is 5.56 Å². The summed E-state index contributed by atoms with van der Waals surface area (Å²) in [7, 11) is 0. The zero-order valence-electron chi connectivity index (χ0n) is 11.3. The van der Waals surface area contributed by atoms with Crippen molar-refractivity contribution in [1.82, 2.24) is 5.32 Å². The smallest absolute Gasteiger partial charge is 0.290 e. The SMILES string of the molecule is CCCCCOc1ccccc1/C=C1\SC(=O)NC1=O. The van der Waals surface area contributed by atoms with Gasteiger partial charge in [-0.1, -0.05) is 38.0 Å². The summed E-state index contributed by atoms with van der Waals surface area (Å²) in [6.45, 7) is 2.80. The van der Waals surface area contributed by atoms with Gasteiger partial charge in [0.2, 0.25) is 0 Å². The lowest BCUT2D eigenvalue weighted by Crippen LogP contribution is -2.17. The highest BCUT2D eigenvalue weighted by Gasteiger charge is 2.25. The molecule has 1 saturated heterocycles. The van der Waals surface area contributed by atoms with Gasteiger partial charge >= 0.3 is 0 Å². The summed E-state index contributed by atoms with van der Waals surface area (Å²) in [6, 6.07) is 7.52. The Balaban J connectivity index is 2.09. The molecule has 1 aromatic carbocycles. The normalized spacial score (nSPS) is 16.6. The van der Waals surface area contributed by atoms with Crippen LogP contribution in [0.25, 0.3) is 6.08 Å². The highest BCUT2D eigenvalue weighted by Crippen LogP contribution is 2.29. The number of rotatable bonds is 6. The summed E-state index contributed by atoms with van der Waals surface area (Å²) in [6.07, 6.45) is 4.99. The first-order valence-electron chi connectivity index (χ1n) is 6.67. The van der Waals surface area contributed by atoms with E-state index in [4.69, 9.17) is 4.74 Å². The van der Waals surface area contributed by atoms with E-state index in [9.17, 15) is 9.59 Å². The third-order valence-electron chi connectivity index (χ3n) is 2.85. The molecule has 5 heteroatoms. The van der Waals surface area contributed by atoms with Gasteiger partial charge in [0.05, 0.1) is 11.5 Å². The maximum atomic E-state index is 11.5. The summed E-state index contributed by atoms with van der Waals surface area (Å²) in [5.74, 6) is 0.393. The first-order chi connectivity index (χ1) is 9.70. The van der Waals surface area contributed by atoms with Crippen molar-refractivity contribution in [2.24, 2.45) is 0 Å². The molecule has 1 aliphatic rings. The summed E-state index contributed by atoms with van der Waals surface area (Å²) < 4.78 is 5.74. The van der Waals surface area contributed by atoms with Crippen LogP contribution in [0.2, 0.25) is 0 Å². The van der Waals surface area contributed by atoms with Crippen LogP contribution in [0.15, 0.2) is 29.2 Å². The summed E-state index contributed by atoms with van der Waals surface area (Å²) in [5.41, 5.74) is 0.816. The zero-order chi connectivity index (χ0) is 14.4. The lowest BCUT2D eigenvalue weighted by molar-refractivity contribution is -0.115. The van der Waals surface area contributed by atoms with Crippen LogP contribution in [0, 0.1) is 0 Å². The lowest BCUT2D eigenvalue weighted by Gasteiger charge is -2.09. The number of carbonyl (C=O) groups is 2. The van der Waals surface area contributed by atoms with Gasteiger partial charge in [-0.25, -0.2) is 0 Å². The van der Waals surface area contributed by atoms with Crippen LogP contribution in [0.4, 0.5) is 4.79 Å². The molecule has 0 radical (unpaired) electrons. The van der Waals surface area contributed by atoms with Crippen LogP contribution in [0.1, 0.15) is 31.7 Å². The average Bonchev–Trinajstić information content (AvgIpc) is 2.75. The second-order valence-corrected chi connectivity index (χ2v) is 5.46. The molecule has 1 aliphatic heterocycles. The van der Waals surface area contributed by atoms with Gasteiger partial charge in [-0.2, -0.15) is 0 Å². The molecule has 0 aliphatic carbocycles. The number of thioether (sulfide) groups is 1. The molecule has 1 heterocycles. The third-order valence-corrected chi connectivity index (χ3v) is 3.66. The predicted molar refractivity (Wildman–Crippen MR) is 80.6 cm³/mol. The second kappa shape index (κ2) is 7.14. The highest BCUT2D eigenvalue weighted by molar-refractivity contribution is 8.18. The molecule has 0 bridgehead atoms. The number of hydrogen-bond donors (Lipinski definition) is 1. The van der Waals surface area contributed by atoms with E-state index in [1.807, 2.05) is 24.3 Å². The molecule has 4 nitrogen and oxygen atoms in total. The van der Waals surface area contributed by atoms with Gasteiger partial charge in [-0.15, -0.1) is 0 Å². The van der Waals surface area contributed by atoms with Gasteiger partial charge in [-0.05, 0) is 30.3 Å². The van der Waals surface area contributed by atoms with Crippen LogP contribution in [-0.2, 0) is 4.79 Å². The number of unbranched alkanes of at least 4 members (excludes halogenated alkanes) is 2. The number of para-hydroxylation sites is 1. The van der Waals surface area contributed by atoms with Crippen LogP contribution >= 0.6 is 11.8 Å². The number of nitrogens with one attached hydrogen (secondary N) is 1. The zero-order valence-corrected chi connectivity index (χ0v) is 12.2. The Labute approximate surface area is 122 Å². The van der Waals surface area contributed by atoms with E-state index in [0.717, 1.165) is 42.3 Å². The van der Waals surface area contributed by atoms with Crippen molar-refractivity contribution in [3.63, 3.8) is 0 Å². The minimum atomic E-state index is -0.346. The van der Waals surface area contributed by atoms with Crippen LogP contribution in [-0.4, -0.2) is 17.8 Å². The Morgan fingerprint density at radius 3 is 2.75 bits per heavy atom. The number of hydrogen-bond acceptors (Lipinski definition) is 4. The van der Waals surface area contributed by atoms with Gasteiger partial charge in [0.25, 0.3) is 11.1 Å². The van der Waals surface area contributed by atoms with Crippen molar-refractivity contribution in [3.05, 3.63) is 34.7 Å². The van der Waals surface area contributed by atoms with E-state index < -0.39 is 0 Å². The van der Waals surface area contributed by atoms with E-state index in [1.165, 1.54) is 0 Å². The van der Waals surface area contributed by atoms with Crippen molar-refractivity contribution in [1.29, 1.82) is 0 Å². The summed E-state index contributed by atoms with van der Waals surface area (Å²) in [4.78, 5) is 23.1. The average molecular weight is 291 g/mol. The first-order valence-corrected chi connectivity index (χ1v) is 7.49. The van der Waals surface area contributed by atoms with E-state index in [0.29, 0.717) is 11.5 Å². The number of imide groups is 1. The minimum Gasteiger partial charge on any atom is -0.493 e. The minimum absolute atomic E-state index is 0.331. The molecular weight excluding hydrogens is 274 g/mol. The molecule has 1 aromatic rings. The standard InChI is InChI=1S/C15H17NO3S/c1-2-3-6-9-19-12-8-5-4-7-11(12)10-13-14(17)16-15(18)20-13/h4-5,7-8,10H,2-3,6,9H2,1H3,(H,16,17,18)/b13-10-. The molecular formula is C15H17NO3S. The molecule has 1 fully saturated rings. The van der Waals surface area contributed by atoms with Gasteiger partial charge in [0.1, 0.15) is 5.75 Å². The monoisotopic (exact) mass is 291 g/mol. The fourth-order valence-corrected chi connectivity index (χ4v) is 2.50. The highest BCUT2D eigenvalue weighted by atomic mass is 32.2. The molecule has 106 valence electrons. The van der Waals surface area contributed by atoms with E-state index in [2.05, 4.69) is 12.2 Å². The topological polar surface area (TPSA) is 55.4 Å². The Morgan fingerprint density at radius 2 is 2.05 bits per heavy atom. The molecule has 2 amide bonds. The molecule has 0 saturated carbocycles. The largest absolute Gasteiger partial charge is 0.493 e. The quantitative estimate of drug-likeness (QED) is 0.643. The number of ether oxygens (including phenoxy) is 1. The Kier molecular flexibility index (Phi) is 5.24. The van der Waals surface area contributed by atoms with Crippen LogP contribution in [0.3, 0.4) is 0 Å². The fourth-order valence-electron chi connectivity index (χ4n) is 1.83. The number of carbonyl (C=O) groups excluding carboxylic acids is 2. The fraction of sp³-hybridized carbons (Fsp3) is 0.333. The van der Waals surface area contributed by atoms with Crippen molar-refractivity contribution in [2.45, 2.75) is 26.2 Å². The lowest BCUT2D eigenvalue weighted by atomic mass is 10.2. The Bertz CT molecular complexity index is 540. The molecule has 0 atom stereocenters. The van der Waals surface area contributed by atoms with E-state index in [1.54, 1.807) is 6.08 Å². The van der Waals surface area contributed by atoms with Gasteiger partial charge < -0.3 is 4.74 Å².